The summed E-state index contributed by atoms with van der Waals surface area (Å²) in [6, 6.07) is 4.83. The maximum Gasteiger partial charge on any atom is 0.275 e. The number of nitro groups is 1. The molecule has 0 saturated carbocycles. The minimum atomic E-state index is -0.395. The molecule has 5 heteroatoms. The average Bonchev–Trinajstić information content (AvgIpc) is 2.37. The maximum atomic E-state index is 11.0. The van der Waals surface area contributed by atoms with E-state index in [9.17, 15) is 10.1 Å². The molecular formula is C15H24N2O3. The summed E-state index contributed by atoms with van der Waals surface area (Å²) in [6.07, 6.45) is 1.85. The molecule has 1 N–H and O–H groups in total. The summed E-state index contributed by atoms with van der Waals surface area (Å²) < 4.78 is 5.58. The van der Waals surface area contributed by atoms with Gasteiger partial charge in [-0.3, -0.25) is 10.1 Å². The van der Waals surface area contributed by atoms with Crippen LogP contribution in [0.5, 0.6) is 5.75 Å². The molecule has 0 aliphatic carbocycles. The first-order valence-corrected chi connectivity index (χ1v) is 7.04. The van der Waals surface area contributed by atoms with E-state index < -0.39 is 4.92 Å². The number of rotatable bonds is 7. The van der Waals surface area contributed by atoms with Gasteiger partial charge in [-0.25, -0.2) is 0 Å². The fourth-order valence-corrected chi connectivity index (χ4v) is 1.88. The summed E-state index contributed by atoms with van der Waals surface area (Å²) in [5.41, 5.74) is 0.686. The molecule has 20 heavy (non-hydrogen) atoms. The van der Waals surface area contributed by atoms with Crippen molar-refractivity contribution in [2.24, 2.45) is 0 Å². The van der Waals surface area contributed by atoms with E-state index in [4.69, 9.17) is 4.74 Å². The Hall–Kier alpha value is -1.78. The van der Waals surface area contributed by atoms with Gasteiger partial charge in [0.2, 0.25) is 0 Å². The lowest BCUT2D eigenvalue weighted by Crippen LogP contribution is -2.32. The van der Waals surface area contributed by atoms with Crippen LogP contribution in [0.1, 0.15) is 47.5 Å². The second-order valence-electron chi connectivity index (χ2n) is 5.53. The second kappa shape index (κ2) is 6.59. The summed E-state index contributed by atoms with van der Waals surface area (Å²) in [7, 11) is 0. The van der Waals surface area contributed by atoms with Crippen molar-refractivity contribution in [2.45, 2.75) is 59.1 Å². The molecule has 0 bridgehead atoms. The number of nitrogens with zero attached hydrogens (tertiary/aromatic N) is 1. The van der Waals surface area contributed by atoms with Crippen LogP contribution in [0.25, 0.3) is 0 Å². The third-order valence-corrected chi connectivity index (χ3v) is 3.48. The van der Waals surface area contributed by atoms with Crippen LogP contribution in [-0.4, -0.2) is 16.6 Å². The van der Waals surface area contributed by atoms with E-state index >= 15 is 0 Å². The van der Waals surface area contributed by atoms with Crippen molar-refractivity contribution < 1.29 is 9.66 Å². The van der Waals surface area contributed by atoms with E-state index in [2.05, 4.69) is 26.1 Å². The summed E-state index contributed by atoms with van der Waals surface area (Å²) in [6.45, 7) is 10.1. The second-order valence-corrected chi connectivity index (χ2v) is 5.53. The molecule has 0 radical (unpaired) electrons. The number of nitrogens with one attached hydrogen (secondary N) is 1. The number of benzene rings is 1. The zero-order chi connectivity index (χ0) is 15.3. The summed E-state index contributed by atoms with van der Waals surface area (Å²) >= 11 is 0. The zero-order valence-corrected chi connectivity index (χ0v) is 12.9. The molecule has 0 spiro atoms. The van der Waals surface area contributed by atoms with Crippen molar-refractivity contribution in [3.05, 3.63) is 28.3 Å². The van der Waals surface area contributed by atoms with E-state index in [1.165, 1.54) is 6.07 Å². The Kier molecular flexibility index (Phi) is 5.36. The first kappa shape index (κ1) is 16.3. The van der Waals surface area contributed by atoms with E-state index in [-0.39, 0.29) is 17.3 Å². The molecule has 0 aromatic heterocycles. The minimum Gasteiger partial charge on any atom is -0.491 e. The van der Waals surface area contributed by atoms with Crippen molar-refractivity contribution in [3.63, 3.8) is 0 Å². The Morgan fingerprint density at radius 3 is 2.35 bits per heavy atom. The van der Waals surface area contributed by atoms with E-state index in [1.807, 2.05) is 19.9 Å². The molecule has 0 heterocycles. The number of hydrogen-bond donors (Lipinski definition) is 1. The SMILES string of the molecule is CCC(C)(CC)Nc1cc(OC(C)C)cc([N+](=O)[O-])c1. The highest BCUT2D eigenvalue weighted by Crippen LogP contribution is 2.30. The molecule has 0 aliphatic rings. The predicted octanol–water partition coefficient (Wildman–Crippen LogP) is 4.37. The molecule has 0 aliphatic heterocycles. The van der Waals surface area contributed by atoms with Crippen LogP contribution in [0.2, 0.25) is 0 Å². The van der Waals surface area contributed by atoms with Crippen molar-refractivity contribution in [1.29, 1.82) is 0 Å². The maximum absolute atomic E-state index is 11.0. The molecule has 0 fully saturated rings. The van der Waals surface area contributed by atoms with Gasteiger partial charge in [-0.15, -0.1) is 0 Å². The van der Waals surface area contributed by atoms with Gasteiger partial charge in [0.05, 0.1) is 17.1 Å². The molecule has 112 valence electrons. The van der Waals surface area contributed by atoms with Crippen molar-refractivity contribution >= 4 is 11.4 Å². The smallest absolute Gasteiger partial charge is 0.275 e. The first-order chi connectivity index (χ1) is 9.29. The number of anilines is 1. The Labute approximate surface area is 120 Å². The monoisotopic (exact) mass is 280 g/mol. The van der Waals surface area contributed by atoms with Gasteiger partial charge in [-0.2, -0.15) is 0 Å². The third-order valence-electron chi connectivity index (χ3n) is 3.48. The first-order valence-electron chi connectivity index (χ1n) is 7.04. The highest BCUT2D eigenvalue weighted by molar-refractivity contribution is 5.57. The summed E-state index contributed by atoms with van der Waals surface area (Å²) in [5, 5.41) is 14.4. The Morgan fingerprint density at radius 1 is 1.30 bits per heavy atom. The quantitative estimate of drug-likeness (QED) is 0.595. The Balaban J connectivity index is 3.11. The van der Waals surface area contributed by atoms with Crippen LogP contribution in [0.3, 0.4) is 0 Å². The highest BCUT2D eigenvalue weighted by atomic mass is 16.6. The van der Waals surface area contributed by atoms with Gasteiger partial charge in [-0.05, 0) is 33.6 Å². The lowest BCUT2D eigenvalue weighted by atomic mass is 9.95. The van der Waals surface area contributed by atoms with Gasteiger partial charge >= 0.3 is 0 Å². The molecule has 0 atom stereocenters. The van der Waals surface area contributed by atoms with Crippen molar-refractivity contribution in [1.82, 2.24) is 0 Å². The van der Waals surface area contributed by atoms with Gasteiger partial charge in [-0.1, -0.05) is 13.8 Å². The number of hydrogen-bond acceptors (Lipinski definition) is 4. The normalized spacial score (nSPS) is 11.5. The van der Waals surface area contributed by atoms with Crippen LogP contribution >= 0.6 is 0 Å². The Morgan fingerprint density at radius 2 is 1.90 bits per heavy atom. The molecule has 1 rings (SSSR count). The molecule has 5 nitrogen and oxygen atoms in total. The molecule has 0 amide bonds. The van der Waals surface area contributed by atoms with Gasteiger partial charge in [0.1, 0.15) is 5.75 Å². The van der Waals surface area contributed by atoms with Gasteiger partial charge in [0.15, 0.2) is 0 Å². The van der Waals surface area contributed by atoms with Crippen LogP contribution in [0.4, 0.5) is 11.4 Å². The fourth-order valence-electron chi connectivity index (χ4n) is 1.88. The van der Waals surface area contributed by atoms with Crippen LogP contribution in [-0.2, 0) is 0 Å². The van der Waals surface area contributed by atoms with Crippen LogP contribution in [0, 0.1) is 10.1 Å². The predicted molar refractivity (Wildman–Crippen MR) is 81.5 cm³/mol. The highest BCUT2D eigenvalue weighted by Gasteiger charge is 2.21. The number of ether oxygens (including phenoxy) is 1. The largest absolute Gasteiger partial charge is 0.491 e. The van der Waals surface area contributed by atoms with E-state index in [0.717, 1.165) is 18.5 Å². The Bertz CT molecular complexity index is 468. The van der Waals surface area contributed by atoms with E-state index in [0.29, 0.717) is 5.75 Å². The van der Waals surface area contributed by atoms with Gasteiger partial charge in [0.25, 0.3) is 5.69 Å². The standard InChI is InChI=1S/C15H24N2O3/c1-6-15(5,7-2)16-12-8-13(17(18)19)10-14(9-12)20-11(3)4/h8-11,16H,6-7H2,1-5H3. The average molecular weight is 280 g/mol. The molecule has 0 unspecified atom stereocenters. The summed E-state index contributed by atoms with van der Waals surface area (Å²) in [4.78, 5) is 10.6. The van der Waals surface area contributed by atoms with Crippen molar-refractivity contribution in [3.8, 4) is 5.75 Å². The van der Waals surface area contributed by atoms with Crippen molar-refractivity contribution in [2.75, 3.05) is 5.32 Å². The fraction of sp³-hybridized carbons (Fsp3) is 0.600. The summed E-state index contributed by atoms with van der Waals surface area (Å²) in [5.74, 6) is 0.520. The molecule has 1 aromatic rings. The number of non-ortho nitro benzene ring substituents is 1. The van der Waals surface area contributed by atoms with Gasteiger partial charge < -0.3 is 10.1 Å². The molecule has 0 saturated heterocycles. The lowest BCUT2D eigenvalue weighted by molar-refractivity contribution is -0.384. The zero-order valence-electron chi connectivity index (χ0n) is 12.9. The van der Waals surface area contributed by atoms with Gasteiger partial charge in [0, 0.05) is 23.4 Å². The lowest BCUT2D eigenvalue weighted by Gasteiger charge is -2.29. The minimum absolute atomic E-state index is 0.0198. The third kappa shape index (κ3) is 4.40. The number of nitro benzene ring substituents is 1. The molecule has 1 aromatic carbocycles. The van der Waals surface area contributed by atoms with Crippen LogP contribution in [0.15, 0.2) is 18.2 Å². The van der Waals surface area contributed by atoms with Crippen LogP contribution < -0.4 is 10.1 Å². The molecular weight excluding hydrogens is 256 g/mol. The van der Waals surface area contributed by atoms with E-state index in [1.54, 1.807) is 6.07 Å². The topological polar surface area (TPSA) is 64.4 Å².